The van der Waals surface area contributed by atoms with Crippen molar-refractivity contribution in [1.29, 1.82) is 0 Å². The molecule has 0 radical (unpaired) electrons. The molecule has 5 heteroatoms. The number of hydrogen-bond acceptors (Lipinski definition) is 2. The van der Waals surface area contributed by atoms with Crippen LogP contribution in [-0.2, 0) is 9.09 Å². The van der Waals surface area contributed by atoms with Crippen molar-refractivity contribution < 1.29 is 18.5 Å². The Hall–Kier alpha value is -0.150. The predicted octanol–water partition coefficient (Wildman–Crippen LogP) is 8.45. The van der Waals surface area contributed by atoms with Crippen LogP contribution in [0.5, 0.6) is 0 Å². The molecule has 0 heterocycles. The Labute approximate surface area is 195 Å². The first kappa shape index (κ1) is 30.9. The van der Waals surface area contributed by atoms with Crippen molar-refractivity contribution in [2.24, 2.45) is 0 Å². The fourth-order valence-corrected chi connectivity index (χ4v) is 6.06. The zero-order chi connectivity index (χ0) is 23.4. The number of quaternary nitrogens is 1. The first-order valence-electron chi connectivity index (χ1n) is 13.2. The van der Waals surface area contributed by atoms with E-state index in [9.17, 15) is 9.46 Å². The van der Waals surface area contributed by atoms with Crippen LogP contribution in [0, 0.1) is 0 Å². The van der Waals surface area contributed by atoms with Gasteiger partial charge in [-0.3, -0.25) is 4.57 Å². The van der Waals surface area contributed by atoms with E-state index in [0.29, 0.717) is 17.5 Å². The molecule has 0 aromatic heterocycles. The number of unbranched alkanes of at least 4 members (excludes halogenated alkanes) is 13. The molecule has 0 aromatic carbocycles. The van der Waals surface area contributed by atoms with Gasteiger partial charge in [-0.15, -0.1) is 0 Å². The zero-order valence-corrected chi connectivity index (χ0v) is 22.5. The molecule has 0 aliphatic heterocycles. The maximum atomic E-state index is 12.6. The minimum atomic E-state index is -3.56. The van der Waals surface area contributed by atoms with Crippen molar-refractivity contribution in [3.63, 3.8) is 0 Å². The maximum absolute atomic E-state index is 12.6. The average Bonchev–Trinajstić information content (AvgIpc) is 2.70. The number of hydrogen-bond donors (Lipinski definition) is 1. The van der Waals surface area contributed by atoms with Gasteiger partial charge in [-0.1, -0.05) is 96.6 Å². The fraction of sp³-hybridized carbons (Fsp3) is 0.923. The monoisotopic (exact) mass is 460 g/mol. The molecule has 31 heavy (non-hydrogen) atoms. The lowest BCUT2D eigenvalue weighted by atomic mass is 10.1. The van der Waals surface area contributed by atoms with E-state index in [1.165, 1.54) is 83.5 Å². The van der Waals surface area contributed by atoms with Gasteiger partial charge in [0, 0.05) is 6.42 Å². The third kappa shape index (κ3) is 18.0. The highest BCUT2D eigenvalue weighted by Gasteiger charge is 2.41. The molecule has 0 saturated heterocycles. The molecule has 0 aliphatic rings. The summed E-state index contributed by atoms with van der Waals surface area (Å²) in [6.45, 7) is 4.70. The van der Waals surface area contributed by atoms with Gasteiger partial charge in [0.1, 0.15) is 0 Å². The fourth-order valence-electron chi connectivity index (χ4n) is 4.04. The van der Waals surface area contributed by atoms with Crippen LogP contribution in [0.4, 0.5) is 0 Å². The van der Waals surface area contributed by atoms with Crippen LogP contribution in [0.3, 0.4) is 0 Å². The van der Waals surface area contributed by atoms with Crippen LogP contribution in [0.15, 0.2) is 12.2 Å². The van der Waals surface area contributed by atoms with Crippen LogP contribution in [-0.4, -0.2) is 42.9 Å². The second-order valence-electron chi connectivity index (χ2n) is 10.1. The van der Waals surface area contributed by atoms with Crippen LogP contribution in [0.25, 0.3) is 0 Å². The quantitative estimate of drug-likeness (QED) is 0.0763. The minimum absolute atomic E-state index is 0.334. The Bertz CT molecular complexity index is 474. The molecule has 0 saturated carbocycles. The molecule has 0 fully saturated rings. The molecule has 0 rings (SSSR count). The summed E-state index contributed by atoms with van der Waals surface area (Å²) in [5, 5.41) is 0. The normalized spacial score (nSPS) is 15.4. The molecule has 0 amide bonds. The highest BCUT2D eigenvalue weighted by Crippen LogP contribution is 2.51. The Morgan fingerprint density at radius 1 is 0.742 bits per heavy atom. The third-order valence-electron chi connectivity index (χ3n) is 6.00. The van der Waals surface area contributed by atoms with E-state index in [1.807, 2.05) is 21.1 Å². The summed E-state index contributed by atoms with van der Waals surface area (Å²) in [7, 11) is 2.35. The topological polar surface area (TPSA) is 46.5 Å². The highest BCUT2D eigenvalue weighted by atomic mass is 31.2. The van der Waals surface area contributed by atoms with Gasteiger partial charge in [-0.2, -0.15) is 0 Å². The molecular formula is C26H55NO3P+. The smallest absolute Gasteiger partial charge is 0.320 e. The Morgan fingerprint density at radius 3 is 1.65 bits per heavy atom. The molecule has 0 spiro atoms. The molecule has 0 aromatic rings. The lowest BCUT2D eigenvalue weighted by molar-refractivity contribution is -0.883. The van der Waals surface area contributed by atoms with Crippen molar-refractivity contribution in [2.75, 3.05) is 27.7 Å². The van der Waals surface area contributed by atoms with Crippen molar-refractivity contribution in [3.8, 4) is 0 Å². The second kappa shape index (κ2) is 19.3. The molecule has 0 aliphatic carbocycles. The van der Waals surface area contributed by atoms with Gasteiger partial charge >= 0.3 is 7.60 Å². The maximum Gasteiger partial charge on any atom is 0.385 e. The predicted molar refractivity (Wildman–Crippen MR) is 137 cm³/mol. The number of nitrogens with zero attached hydrogens (tertiary/aromatic N) is 1. The number of rotatable bonds is 22. The van der Waals surface area contributed by atoms with Crippen LogP contribution in [0.1, 0.15) is 123 Å². The van der Waals surface area contributed by atoms with Gasteiger partial charge in [-0.05, 0) is 32.1 Å². The van der Waals surface area contributed by atoms with Gasteiger partial charge in [-0.25, -0.2) is 0 Å². The van der Waals surface area contributed by atoms with Gasteiger partial charge < -0.3 is 13.9 Å². The molecular weight excluding hydrogens is 405 g/mol. The minimum Gasteiger partial charge on any atom is -0.320 e. The summed E-state index contributed by atoms with van der Waals surface area (Å²) < 4.78 is 18.6. The molecule has 4 nitrogen and oxygen atoms in total. The SMILES string of the molecule is CCCC/C=C\CCCCCCCCCCCCCOP(=O)(O)C(CCC)[N+](C)(C)C. The van der Waals surface area contributed by atoms with E-state index in [0.717, 1.165) is 19.3 Å². The third-order valence-corrected chi connectivity index (χ3v) is 8.26. The van der Waals surface area contributed by atoms with E-state index >= 15 is 0 Å². The molecule has 186 valence electrons. The lowest BCUT2D eigenvalue weighted by Crippen LogP contribution is -2.45. The molecule has 2 unspecified atom stereocenters. The largest absolute Gasteiger partial charge is 0.385 e. The molecule has 1 N–H and O–H groups in total. The van der Waals surface area contributed by atoms with Crippen molar-refractivity contribution >= 4 is 7.60 Å². The van der Waals surface area contributed by atoms with Crippen molar-refractivity contribution in [1.82, 2.24) is 0 Å². The van der Waals surface area contributed by atoms with Crippen LogP contribution >= 0.6 is 7.60 Å². The Kier molecular flexibility index (Phi) is 19.2. The molecule has 2 atom stereocenters. The van der Waals surface area contributed by atoms with E-state index in [-0.39, 0.29) is 5.78 Å². The van der Waals surface area contributed by atoms with Crippen molar-refractivity contribution in [2.45, 2.75) is 129 Å². The Morgan fingerprint density at radius 2 is 1.19 bits per heavy atom. The van der Waals surface area contributed by atoms with E-state index < -0.39 is 7.60 Å². The zero-order valence-electron chi connectivity index (χ0n) is 21.6. The van der Waals surface area contributed by atoms with Crippen LogP contribution in [0.2, 0.25) is 0 Å². The summed E-state index contributed by atoms with van der Waals surface area (Å²) in [6, 6.07) is 0. The van der Waals surface area contributed by atoms with E-state index in [4.69, 9.17) is 4.52 Å². The lowest BCUT2D eigenvalue weighted by Gasteiger charge is -2.35. The second-order valence-corrected chi connectivity index (χ2v) is 12.1. The van der Waals surface area contributed by atoms with E-state index in [2.05, 4.69) is 26.0 Å². The van der Waals surface area contributed by atoms with Gasteiger partial charge in [0.15, 0.2) is 5.78 Å². The number of allylic oxidation sites excluding steroid dienone is 2. The highest BCUT2D eigenvalue weighted by molar-refractivity contribution is 7.53. The summed E-state index contributed by atoms with van der Waals surface area (Å²) in [6.07, 6.45) is 25.4. The first-order valence-corrected chi connectivity index (χ1v) is 14.8. The average molecular weight is 461 g/mol. The Balaban J connectivity index is 3.54. The summed E-state index contributed by atoms with van der Waals surface area (Å²) >= 11 is 0. The van der Waals surface area contributed by atoms with Crippen LogP contribution < -0.4 is 0 Å². The van der Waals surface area contributed by atoms with Crippen molar-refractivity contribution in [3.05, 3.63) is 12.2 Å². The summed E-state index contributed by atoms with van der Waals surface area (Å²) in [5.74, 6) is -0.334. The van der Waals surface area contributed by atoms with Gasteiger partial charge in [0.25, 0.3) is 0 Å². The summed E-state index contributed by atoms with van der Waals surface area (Å²) in [5.41, 5.74) is 0. The molecule has 0 bridgehead atoms. The van der Waals surface area contributed by atoms with Gasteiger partial charge in [0.2, 0.25) is 0 Å². The van der Waals surface area contributed by atoms with E-state index in [1.54, 1.807) is 0 Å². The summed E-state index contributed by atoms with van der Waals surface area (Å²) in [4.78, 5) is 10.4. The standard InChI is InChI=1S/C26H54NO3P/c1-6-8-9-10-11-12-13-14-15-16-17-18-19-20-21-22-23-25-30-31(28,29)26(24-7-2)27(3,4)5/h10-11,26H,6-9,12-25H2,1-5H3/p+1/b11-10-. The van der Waals surface area contributed by atoms with Gasteiger partial charge in [0.05, 0.1) is 27.7 Å². The first-order chi connectivity index (χ1) is 14.8.